The first-order chi connectivity index (χ1) is 9.12. The molecule has 0 aliphatic carbocycles. The summed E-state index contributed by atoms with van der Waals surface area (Å²) in [4.78, 5) is 8.48. The Morgan fingerprint density at radius 2 is 2.21 bits per heavy atom. The second-order valence-electron chi connectivity index (χ2n) is 4.15. The highest BCUT2D eigenvalue weighted by Crippen LogP contribution is 2.16. The molecule has 0 fully saturated rings. The largest absolute Gasteiger partial charge is 0.383 e. The first-order valence-corrected chi connectivity index (χ1v) is 7.28. The maximum absolute atomic E-state index is 5.74. The summed E-state index contributed by atoms with van der Waals surface area (Å²) >= 11 is 1.47. The van der Waals surface area contributed by atoms with Gasteiger partial charge in [0.15, 0.2) is 5.16 Å². The molecule has 0 aromatic carbocycles. The predicted molar refractivity (Wildman–Crippen MR) is 78.1 cm³/mol. The molecular formula is C12H18N6S. The van der Waals surface area contributed by atoms with E-state index in [-0.39, 0.29) is 0 Å². The van der Waals surface area contributed by atoms with Gasteiger partial charge in [-0.1, -0.05) is 18.7 Å². The van der Waals surface area contributed by atoms with Crippen molar-refractivity contribution in [3.63, 3.8) is 0 Å². The molecule has 19 heavy (non-hydrogen) atoms. The van der Waals surface area contributed by atoms with Gasteiger partial charge in [-0.3, -0.25) is 4.68 Å². The molecular weight excluding hydrogens is 260 g/mol. The van der Waals surface area contributed by atoms with Gasteiger partial charge in [-0.2, -0.15) is 5.10 Å². The van der Waals surface area contributed by atoms with Crippen LogP contribution >= 0.6 is 11.8 Å². The monoisotopic (exact) mass is 278 g/mol. The van der Waals surface area contributed by atoms with Crippen LogP contribution in [-0.2, 0) is 20.0 Å². The van der Waals surface area contributed by atoms with E-state index in [1.807, 2.05) is 24.2 Å². The number of aromatic nitrogens is 4. The fraction of sp³-hybridized carbons (Fsp3) is 0.417. The average Bonchev–Trinajstić information content (AvgIpc) is 2.76. The van der Waals surface area contributed by atoms with E-state index in [0.717, 1.165) is 17.9 Å². The second-order valence-corrected chi connectivity index (χ2v) is 4.92. The molecule has 2 aromatic heterocycles. The lowest BCUT2D eigenvalue weighted by Crippen LogP contribution is -2.05. The third kappa shape index (κ3) is 3.37. The van der Waals surface area contributed by atoms with Gasteiger partial charge in [-0.25, -0.2) is 9.97 Å². The average molecular weight is 278 g/mol. The van der Waals surface area contributed by atoms with Crippen LogP contribution in [0.15, 0.2) is 17.4 Å². The number of hydrogen-bond acceptors (Lipinski definition) is 6. The van der Waals surface area contributed by atoms with E-state index in [0.29, 0.717) is 17.5 Å². The molecule has 0 saturated heterocycles. The number of nitrogens with two attached hydrogens (primary N) is 1. The van der Waals surface area contributed by atoms with E-state index < -0.39 is 0 Å². The van der Waals surface area contributed by atoms with Crippen molar-refractivity contribution < 1.29 is 0 Å². The minimum atomic E-state index is 0.476. The van der Waals surface area contributed by atoms with Crippen molar-refractivity contribution in [2.75, 3.05) is 17.3 Å². The maximum Gasteiger partial charge on any atom is 0.191 e. The van der Waals surface area contributed by atoms with Gasteiger partial charge < -0.3 is 11.1 Å². The molecule has 0 aliphatic rings. The van der Waals surface area contributed by atoms with Crippen molar-refractivity contribution in [3.8, 4) is 0 Å². The summed E-state index contributed by atoms with van der Waals surface area (Å²) in [6, 6.07) is 1.74. The van der Waals surface area contributed by atoms with Gasteiger partial charge in [0.25, 0.3) is 0 Å². The molecule has 0 unspecified atom stereocenters. The lowest BCUT2D eigenvalue weighted by molar-refractivity contribution is 0.746. The van der Waals surface area contributed by atoms with E-state index in [9.17, 15) is 0 Å². The Kier molecular flexibility index (Phi) is 4.26. The van der Waals surface area contributed by atoms with Crippen LogP contribution in [0.25, 0.3) is 0 Å². The van der Waals surface area contributed by atoms with Crippen molar-refractivity contribution in [2.24, 2.45) is 7.05 Å². The van der Waals surface area contributed by atoms with Gasteiger partial charge in [0.1, 0.15) is 11.6 Å². The number of aryl methyl sites for hydroxylation is 2. The molecule has 3 N–H and O–H groups in total. The number of nitrogens with zero attached hydrogens (tertiary/aromatic N) is 4. The number of nitrogens with one attached hydrogen (secondary N) is 1. The van der Waals surface area contributed by atoms with Crippen molar-refractivity contribution in [3.05, 3.63) is 23.5 Å². The van der Waals surface area contributed by atoms with Crippen LogP contribution in [0.5, 0.6) is 0 Å². The molecule has 0 atom stereocenters. The molecule has 6 nitrogen and oxygen atoms in total. The Morgan fingerprint density at radius 3 is 2.89 bits per heavy atom. The zero-order chi connectivity index (χ0) is 13.8. The highest BCUT2D eigenvalue weighted by Gasteiger charge is 2.07. The van der Waals surface area contributed by atoms with Crippen LogP contribution in [0.4, 0.5) is 11.6 Å². The molecule has 2 aromatic rings. The van der Waals surface area contributed by atoms with Gasteiger partial charge in [-0.15, -0.1) is 0 Å². The summed E-state index contributed by atoms with van der Waals surface area (Å²) in [5.74, 6) is 1.21. The number of anilines is 2. The van der Waals surface area contributed by atoms with Crippen molar-refractivity contribution in [1.82, 2.24) is 19.7 Å². The summed E-state index contributed by atoms with van der Waals surface area (Å²) in [5.41, 5.74) is 8.02. The normalized spacial score (nSPS) is 10.7. The van der Waals surface area contributed by atoms with Gasteiger partial charge in [0.05, 0.1) is 5.69 Å². The summed E-state index contributed by atoms with van der Waals surface area (Å²) in [6.45, 7) is 2.78. The lowest BCUT2D eigenvalue weighted by Gasteiger charge is -2.07. The Morgan fingerprint density at radius 1 is 1.42 bits per heavy atom. The molecule has 0 saturated carbocycles. The quantitative estimate of drug-likeness (QED) is 0.640. The van der Waals surface area contributed by atoms with Crippen LogP contribution in [0, 0.1) is 0 Å². The lowest BCUT2D eigenvalue weighted by atomic mass is 10.2. The standard InChI is InChI=1S/C12H18N6S/c1-4-9-8(7-18(2)17-9)6-14-11-5-10(13)15-12(16-11)19-3/h5,7H,4,6H2,1-3H3,(H3,13,14,15,16). The topological polar surface area (TPSA) is 81.7 Å². The Bertz CT molecular complexity index is 565. The number of nitrogen functional groups attached to an aromatic ring is 1. The fourth-order valence-corrected chi connectivity index (χ4v) is 2.23. The number of rotatable bonds is 5. The molecule has 0 aliphatic heterocycles. The van der Waals surface area contributed by atoms with Crippen molar-refractivity contribution in [1.29, 1.82) is 0 Å². The SMILES string of the molecule is CCc1nn(C)cc1CNc1cc(N)nc(SC)n1. The van der Waals surface area contributed by atoms with E-state index in [1.54, 1.807) is 6.07 Å². The molecule has 0 amide bonds. The summed E-state index contributed by atoms with van der Waals surface area (Å²) < 4.78 is 1.83. The molecule has 102 valence electrons. The molecule has 2 heterocycles. The summed E-state index contributed by atoms with van der Waals surface area (Å²) in [6.07, 6.45) is 4.86. The van der Waals surface area contributed by atoms with E-state index in [4.69, 9.17) is 5.73 Å². The third-order valence-corrected chi connectivity index (χ3v) is 3.24. The molecule has 0 spiro atoms. The van der Waals surface area contributed by atoms with E-state index in [2.05, 4.69) is 27.3 Å². The van der Waals surface area contributed by atoms with Crippen molar-refractivity contribution >= 4 is 23.4 Å². The van der Waals surface area contributed by atoms with Crippen LogP contribution < -0.4 is 11.1 Å². The minimum Gasteiger partial charge on any atom is -0.383 e. The molecule has 0 bridgehead atoms. The highest BCUT2D eigenvalue weighted by atomic mass is 32.2. The molecule has 0 radical (unpaired) electrons. The molecule has 7 heteroatoms. The van der Waals surface area contributed by atoms with Gasteiger partial charge >= 0.3 is 0 Å². The minimum absolute atomic E-state index is 0.476. The van der Waals surface area contributed by atoms with Gasteiger partial charge in [0, 0.05) is 31.4 Å². The van der Waals surface area contributed by atoms with Crippen LogP contribution in [0.1, 0.15) is 18.2 Å². The second kappa shape index (κ2) is 5.92. The zero-order valence-corrected chi connectivity index (χ0v) is 12.2. The van der Waals surface area contributed by atoms with Crippen LogP contribution in [-0.4, -0.2) is 26.0 Å². The highest BCUT2D eigenvalue weighted by molar-refractivity contribution is 7.98. The number of thioether (sulfide) groups is 1. The van der Waals surface area contributed by atoms with E-state index in [1.165, 1.54) is 17.3 Å². The Balaban J connectivity index is 2.11. The van der Waals surface area contributed by atoms with Gasteiger partial charge in [0.2, 0.25) is 0 Å². The smallest absolute Gasteiger partial charge is 0.191 e. The first-order valence-electron chi connectivity index (χ1n) is 6.06. The number of hydrogen-bond donors (Lipinski definition) is 2. The molecule has 2 rings (SSSR count). The fourth-order valence-electron chi connectivity index (χ4n) is 1.84. The van der Waals surface area contributed by atoms with E-state index >= 15 is 0 Å². The van der Waals surface area contributed by atoms with Crippen LogP contribution in [0.3, 0.4) is 0 Å². The third-order valence-electron chi connectivity index (χ3n) is 2.69. The maximum atomic E-state index is 5.74. The Hall–Kier alpha value is -1.76. The predicted octanol–water partition coefficient (Wildman–Crippen LogP) is 1.69. The van der Waals surface area contributed by atoms with Crippen LogP contribution in [0.2, 0.25) is 0 Å². The zero-order valence-electron chi connectivity index (χ0n) is 11.3. The van der Waals surface area contributed by atoms with Gasteiger partial charge in [-0.05, 0) is 12.7 Å². The van der Waals surface area contributed by atoms with Crippen molar-refractivity contribution in [2.45, 2.75) is 25.0 Å². The summed E-state index contributed by atoms with van der Waals surface area (Å²) in [7, 11) is 1.93. The first kappa shape index (κ1) is 13.7. The Labute approximate surface area is 116 Å². The summed E-state index contributed by atoms with van der Waals surface area (Å²) in [5, 5.41) is 8.35.